The van der Waals surface area contributed by atoms with E-state index in [2.05, 4.69) is 20.0 Å². The third-order valence-electron chi connectivity index (χ3n) is 2.38. The summed E-state index contributed by atoms with van der Waals surface area (Å²) in [6.45, 7) is -0.224. The Kier molecular flexibility index (Phi) is 4.61. The van der Waals surface area contributed by atoms with Crippen LogP contribution >= 0.6 is 11.6 Å². The van der Waals surface area contributed by atoms with Crippen molar-refractivity contribution >= 4 is 38.8 Å². The predicted octanol–water partition coefficient (Wildman–Crippen LogP) is 1.74. The molecule has 1 aromatic heterocycles. The molecular formula is C12H13ClN4O3S. The molecule has 1 aromatic carbocycles. The molecule has 0 saturated heterocycles. The fraction of sp³-hybridized carbons (Fsp3) is 0.167. The Balaban J connectivity index is 2.32. The van der Waals surface area contributed by atoms with Gasteiger partial charge in [-0.15, -0.1) is 0 Å². The number of hydrogen-bond acceptors (Lipinski definition) is 6. The molecule has 0 amide bonds. The lowest BCUT2D eigenvalue weighted by Crippen LogP contribution is -2.10. The Labute approximate surface area is 127 Å². The summed E-state index contributed by atoms with van der Waals surface area (Å²) in [5.74, 6) is 0.454. The first-order chi connectivity index (χ1) is 9.85. The van der Waals surface area contributed by atoms with E-state index in [0.29, 0.717) is 22.8 Å². The maximum absolute atomic E-state index is 11.3. The first-order valence-electron chi connectivity index (χ1n) is 5.83. The molecule has 0 aliphatic rings. The number of aliphatic hydroxyl groups is 1. The van der Waals surface area contributed by atoms with Gasteiger partial charge in [0, 0.05) is 11.8 Å². The molecule has 7 nitrogen and oxygen atoms in total. The van der Waals surface area contributed by atoms with Crippen molar-refractivity contribution in [2.24, 2.45) is 0 Å². The molecular weight excluding hydrogens is 316 g/mol. The molecule has 112 valence electrons. The molecule has 1 heterocycles. The minimum Gasteiger partial charge on any atom is -0.392 e. The molecule has 0 unspecified atom stereocenters. The van der Waals surface area contributed by atoms with Crippen molar-refractivity contribution in [1.29, 1.82) is 0 Å². The lowest BCUT2D eigenvalue weighted by molar-refractivity contribution is 0.282. The van der Waals surface area contributed by atoms with Gasteiger partial charge in [-0.05, 0) is 23.8 Å². The summed E-state index contributed by atoms with van der Waals surface area (Å²) >= 11 is 5.77. The summed E-state index contributed by atoms with van der Waals surface area (Å²) in [4.78, 5) is 7.75. The first kappa shape index (κ1) is 15.5. The Hall–Kier alpha value is -1.90. The summed E-state index contributed by atoms with van der Waals surface area (Å²) < 4.78 is 24.9. The number of rotatable bonds is 5. The van der Waals surface area contributed by atoms with Gasteiger partial charge >= 0.3 is 0 Å². The van der Waals surface area contributed by atoms with E-state index in [1.54, 1.807) is 18.2 Å². The SMILES string of the molecule is CS(=O)(=O)Nc1cc(CO)cc(Nc2cc(Cl)ncn2)c1. The second-order valence-electron chi connectivity index (χ2n) is 4.30. The maximum Gasteiger partial charge on any atom is 0.229 e. The summed E-state index contributed by atoms with van der Waals surface area (Å²) in [5, 5.41) is 12.5. The fourth-order valence-corrected chi connectivity index (χ4v) is 2.37. The van der Waals surface area contributed by atoms with Crippen LogP contribution in [0.25, 0.3) is 0 Å². The van der Waals surface area contributed by atoms with Crippen LogP contribution in [0, 0.1) is 0 Å². The third kappa shape index (κ3) is 4.85. The van der Waals surface area contributed by atoms with Gasteiger partial charge in [-0.1, -0.05) is 11.6 Å². The van der Waals surface area contributed by atoms with Crippen LogP contribution in [0.3, 0.4) is 0 Å². The van der Waals surface area contributed by atoms with Gasteiger partial charge in [0.2, 0.25) is 10.0 Å². The van der Waals surface area contributed by atoms with E-state index in [0.717, 1.165) is 6.26 Å². The van der Waals surface area contributed by atoms with Gasteiger partial charge in [0.25, 0.3) is 0 Å². The highest BCUT2D eigenvalue weighted by Crippen LogP contribution is 2.23. The standard InChI is InChI=1S/C12H13ClN4O3S/c1-21(19,20)17-10-3-8(6-18)2-9(4-10)16-12-5-11(13)14-7-15-12/h2-5,7,17-18H,6H2,1H3,(H,14,15,16). The zero-order valence-electron chi connectivity index (χ0n) is 11.0. The van der Waals surface area contributed by atoms with E-state index >= 15 is 0 Å². The topological polar surface area (TPSA) is 104 Å². The lowest BCUT2D eigenvalue weighted by atomic mass is 10.2. The van der Waals surface area contributed by atoms with E-state index in [-0.39, 0.29) is 11.8 Å². The number of nitrogens with zero attached hydrogens (tertiary/aromatic N) is 2. The molecule has 0 aliphatic carbocycles. The quantitative estimate of drug-likeness (QED) is 0.722. The zero-order valence-corrected chi connectivity index (χ0v) is 12.6. The highest BCUT2D eigenvalue weighted by Gasteiger charge is 2.06. The predicted molar refractivity (Wildman–Crippen MR) is 81.2 cm³/mol. The molecule has 0 fully saturated rings. The van der Waals surface area contributed by atoms with Gasteiger partial charge in [-0.2, -0.15) is 0 Å². The van der Waals surface area contributed by atoms with Gasteiger partial charge in [0.1, 0.15) is 17.3 Å². The molecule has 0 spiro atoms. The number of aromatic nitrogens is 2. The van der Waals surface area contributed by atoms with Crippen LogP contribution in [-0.2, 0) is 16.6 Å². The number of halogens is 1. The third-order valence-corrected chi connectivity index (χ3v) is 3.20. The van der Waals surface area contributed by atoms with Crippen LogP contribution in [0.2, 0.25) is 5.15 Å². The molecule has 2 rings (SSSR count). The minimum atomic E-state index is -3.40. The van der Waals surface area contributed by atoms with Crippen LogP contribution < -0.4 is 10.0 Å². The van der Waals surface area contributed by atoms with Crippen molar-refractivity contribution in [1.82, 2.24) is 9.97 Å². The first-order valence-corrected chi connectivity index (χ1v) is 8.10. The number of aliphatic hydroxyl groups excluding tert-OH is 1. The second kappa shape index (κ2) is 6.25. The van der Waals surface area contributed by atoms with Gasteiger partial charge in [0.15, 0.2) is 0 Å². The largest absolute Gasteiger partial charge is 0.392 e. The zero-order chi connectivity index (χ0) is 15.5. The van der Waals surface area contributed by atoms with Gasteiger partial charge < -0.3 is 10.4 Å². The second-order valence-corrected chi connectivity index (χ2v) is 6.44. The molecule has 0 radical (unpaired) electrons. The summed E-state index contributed by atoms with van der Waals surface area (Å²) in [6.07, 6.45) is 2.35. The highest BCUT2D eigenvalue weighted by atomic mass is 35.5. The summed E-state index contributed by atoms with van der Waals surface area (Å²) in [6, 6.07) is 6.32. The van der Waals surface area contributed by atoms with E-state index in [4.69, 9.17) is 11.6 Å². The minimum absolute atomic E-state index is 0.224. The Morgan fingerprint density at radius 3 is 2.52 bits per heavy atom. The average molecular weight is 329 g/mol. The molecule has 9 heteroatoms. The monoisotopic (exact) mass is 328 g/mol. The molecule has 0 atom stereocenters. The Morgan fingerprint density at radius 1 is 1.19 bits per heavy atom. The molecule has 3 N–H and O–H groups in total. The van der Waals surface area contributed by atoms with Crippen molar-refractivity contribution in [3.05, 3.63) is 41.3 Å². The summed E-state index contributed by atoms with van der Waals surface area (Å²) in [7, 11) is -3.40. The van der Waals surface area contributed by atoms with Crippen molar-refractivity contribution in [3.8, 4) is 0 Å². The van der Waals surface area contributed by atoms with E-state index in [1.165, 1.54) is 12.4 Å². The molecule has 0 aliphatic heterocycles. The van der Waals surface area contributed by atoms with E-state index in [1.807, 2.05) is 0 Å². The molecule has 0 bridgehead atoms. The number of benzene rings is 1. The van der Waals surface area contributed by atoms with E-state index in [9.17, 15) is 13.5 Å². The maximum atomic E-state index is 11.3. The number of sulfonamides is 1. The van der Waals surface area contributed by atoms with Crippen LogP contribution in [0.15, 0.2) is 30.6 Å². The van der Waals surface area contributed by atoms with Gasteiger partial charge in [-0.3, -0.25) is 4.72 Å². The van der Waals surface area contributed by atoms with Crippen molar-refractivity contribution in [3.63, 3.8) is 0 Å². The number of anilines is 3. The number of hydrogen-bond donors (Lipinski definition) is 3. The van der Waals surface area contributed by atoms with Crippen LogP contribution in [0.1, 0.15) is 5.56 Å². The van der Waals surface area contributed by atoms with E-state index < -0.39 is 10.0 Å². The van der Waals surface area contributed by atoms with Gasteiger partial charge in [0.05, 0.1) is 18.6 Å². The molecule has 2 aromatic rings. The Morgan fingerprint density at radius 2 is 1.90 bits per heavy atom. The van der Waals surface area contributed by atoms with Crippen LogP contribution in [-0.4, -0.2) is 29.7 Å². The van der Waals surface area contributed by atoms with Crippen molar-refractivity contribution in [2.45, 2.75) is 6.61 Å². The van der Waals surface area contributed by atoms with Crippen LogP contribution in [0.5, 0.6) is 0 Å². The molecule has 21 heavy (non-hydrogen) atoms. The van der Waals surface area contributed by atoms with Crippen molar-refractivity contribution < 1.29 is 13.5 Å². The molecule has 0 saturated carbocycles. The van der Waals surface area contributed by atoms with Crippen molar-refractivity contribution in [2.75, 3.05) is 16.3 Å². The Bertz CT molecular complexity index is 752. The highest BCUT2D eigenvalue weighted by molar-refractivity contribution is 7.92. The number of nitrogens with one attached hydrogen (secondary N) is 2. The van der Waals surface area contributed by atoms with Crippen LogP contribution in [0.4, 0.5) is 17.2 Å². The lowest BCUT2D eigenvalue weighted by Gasteiger charge is -2.11. The smallest absolute Gasteiger partial charge is 0.229 e. The van der Waals surface area contributed by atoms with Gasteiger partial charge in [-0.25, -0.2) is 18.4 Å². The summed E-state index contributed by atoms with van der Waals surface area (Å²) in [5.41, 5.74) is 1.44. The normalized spacial score (nSPS) is 11.2. The fourth-order valence-electron chi connectivity index (χ4n) is 1.68. The average Bonchev–Trinajstić information content (AvgIpc) is 2.36.